The summed E-state index contributed by atoms with van der Waals surface area (Å²) in [6, 6.07) is 7.62. The average Bonchev–Trinajstić information content (AvgIpc) is 2.83. The molecule has 1 aromatic rings. The monoisotopic (exact) mass is 349 g/mol. The third-order valence-corrected chi connectivity index (χ3v) is 5.50. The first-order valence-corrected chi connectivity index (χ1v) is 8.95. The molecule has 6 heteroatoms. The number of aryl methyl sites for hydroxylation is 1. The van der Waals surface area contributed by atoms with E-state index in [1.807, 2.05) is 19.1 Å². The highest BCUT2D eigenvalue weighted by atomic mass is 35.5. The molecule has 130 valence electrons. The Morgan fingerprint density at radius 1 is 1.29 bits per heavy atom. The Morgan fingerprint density at radius 2 is 2.04 bits per heavy atom. The fourth-order valence-corrected chi connectivity index (χ4v) is 3.86. The van der Waals surface area contributed by atoms with E-state index >= 15 is 0 Å². The van der Waals surface area contributed by atoms with Gasteiger partial charge in [0.25, 0.3) is 5.91 Å². The van der Waals surface area contributed by atoms with Crippen LogP contribution in [-0.4, -0.2) is 42.0 Å². The molecule has 2 aliphatic rings. The van der Waals surface area contributed by atoms with Gasteiger partial charge in [0.1, 0.15) is 5.54 Å². The summed E-state index contributed by atoms with van der Waals surface area (Å²) >= 11 is 5.91. The molecule has 3 amide bonds. The average molecular weight is 350 g/mol. The van der Waals surface area contributed by atoms with Crippen LogP contribution in [0.15, 0.2) is 24.3 Å². The second kappa shape index (κ2) is 7.11. The number of carbonyl (C=O) groups is 2. The first-order valence-electron chi connectivity index (χ1n) is 8.58. The van der Waals surface area contributed by atoms with E-state index < -0.39 is 5.54 Å². The quantitative estimate of drug-likeness (QED) is 0.803. The van der Waals surface area contributed by atoms with E-state index in [0.717, 1.165) is 50.3 Å². The molecule has 2 saturated heterocycles. The normalized spacial score (nSPS) is 27.8. The van der Waals surface area contributed by atoms with Gasteiger partial charge in [0.2, 0.25) is 0 Å². The van der Waals surface area contributed by atoms with Crippen LogP contribution in [0, 0.1) is 5.92 Å². The van der Waals surface area contributed by atoms with E-state index in [9.17, 15) is 9.59 Å². The molecule has 2 fully saturated rings. The van der Waals surface area contributed by atoms with E-state index in [2.05, 4.69) is 27.7 Å². The minimum absolute atomic E-state index is 0.160. The maximum absolute atomic E-state index is 12.1. The molecule has 3 rings (SSSR count). The van der Waals surface area contributed by atoms with E-state index in [4.69, 9.17) is 11.6 Å². The predicted molar refractivity (Wildman–Crippen MR) is 94.0 cm³/mol. The van der Waals surface area contributed by atoms with Crippen LogP contribution in [0.3, 0.4) is 0 Å². The van der Waals surface area contributed by atoms with Crippen LogP contribution < -0.4 is 10.6 Å². The zero-order valence-electron chi connectivity index (χ0n) is 14.0. The molecule has 5 nitrogen and oxygen atoms in total. The van der Waals surface area contributed by atoms with Crippen molar-refractivity contribution in [1.29, 1.82) is 0 Å². The number of benzene rings is 1. The molecular weight excluding hydrogens is 326 g/mol. The van der Waals surface area contributed by atoms with E-state index in [-0.39, 0.29) is 17.9 Å². The molecule has 2 aliphatic heterocycles. The largest absolute Gasteiger partial charge is 0.323 e. The van der Waals surface area contributed by atoms with Gasteiger partial charge in [-0.3, -0.25) is 10.1 Å². The number of hydrogen-bond acceptors (Lipinski definition) is 3. The Balaban J connectivity index is 1.51. The van der Waals surface area contributed by atoms with Crippen molar-refractivity contribution in [2.75, 3.05) is 19.6 Å². The summed E-state index contributed by atoms with van der Waals surface area (Å²) in [5.41, 5.74) is 0.522. The summed E-state index contributed by atoms with van der Waals surface area (Å²) in [4.78, 5) is 26.0. The van der Waals surface area contributed by atoms with Crippen molar-refractivity contribution in [3.8, 4) is 0 Å². The van der Waals surface area contributed by atoms with Crippen LogP contribution in [0.2, 0.25) is 5.02 Å². The van der Waals surface area contributed by atoms with Gasteiger partial charge >= 0.3 is 6.03 Å². The number of nitrogens with one attached hydrogen (secondary N) is 2. The number of piperidine rings is 1. The molecule has 0 aromatic heterocycles. The van der Waals surface area contributed by atoms with Gasteiger partial charge in [-0.1, -0.05) is 23.7 Å². The van der Waals surface area contributed by atoms with Crippen LogP contribution in [-0.2, 0) is 11.2 Å². The Bertz CT molecular complexity index is 619. The SMILES string of the molecule is C[C@@]1([C@H]2CCCN(CCCc3ccc(Cl)cc3)C2)NC(=O)NC1=O. The number of urea groups is 1. The summed E-state index contributed by atoms with van der Waals surface area (Å²) in [5.74, 6) is -0.0336. The maximum atomic E-state index is 12.1. The van der Waals surface area contributed by atoms with Gasteiger partial charge in [0, 0.05) is 17.5 Å². The Labute approximate surface area is 147 Å². The number of halogens is 1. The van der Waals surface area contributed by atoms with Crippen LogP contribution in [0.25, 0.3) is 0 Å². The molecule has 2 atom stereocenters. The van der Waals surface area contributed by atoms with Crippen LogP contribution in [0.5, 0.6) is 0 Å². The molecule has 24 heavy (non-hydrogen) atoms. The third kappa shape index (κ3) is 3.73. The molecule has 0 saturated carbocycles. The molecule has 2 N–H and O–H groups in total. The Hall–Kier alpha value is -1.59. The second-order valence-corrected chi connectivity index (χ2v) is 7.42. The van der Waals surface area contributed by atoms with Crippen molar-refractivity contribution >= 4 is 23.5 Å². The lowest BCUT2D eigenvalue weighted by Gasteiger charge is -2.39. The Morgan fingerprint density at radius 3 is 2.71 bits per heavy atom. The van der Waals surface area contributed by atoms with Crippen molar-refractivity contribution < 1.29 is 9.59 Å². The summed E-state index contributed by atoms with van der Waals surface area (Å²) < 4.78 is 0. The number of imide groups is 1. The number of carbonyl (C=O) groups excluding carboxylic acids is 2. The second-order valence-electron chi connectivity index (χ2n) is 6.98. The third-order valence-electron chi connectivity index (χ3n) is 5.25. The fourth-order valence-electron chi connectivity index (χ4n) is 3.73. The molecule has 2 heterocycles. The number of nitrogens with zero attached hydrogens (tertiary/aromatic N) is 1. The molecular formula is C18H24ClN3O2. The molecule has 0 aliphatic carbocycles. The first kappa shape index (κ1) is 17.2. The van der Waals surface area contributed by atoms with Crippen molar-refractivity contribution in [2.24, 2.45) is 5.92 Å². The summed E-state index contributed by atoms with van der Waals surface area (Å²) in [6.07, 6.45) is 4.12. The minimum atomic E-state index is -0.772. The lowest BCUT2D eigenvalue weighted by atomic mass is 9.80. The van der Waals surface area contributed by atoms with Crippen molar-refractivity contribution in [3.63, 3.8) is 0 Å². The fraction of sp³-hybridized carbons (Fsp3) is 0.556. The van der Waals surface area contributed by atoms with Crippen molar-refractivity contribution in [1.82, 2.24) is 15.5 Å². The number of rotatable bonds is 5. The van der Waals surface area contributed by atoms with Crippen molar-refractivity contribution in [3.05, 3.63) is 34.9 Å². The zero-order valence-corrected chi connectivity index (χ0v) is 14.7. The summed E-state index contributed by atoms with van der Waals surface area (Å²) in [7, 11) is 0. The Kier molecular flexibility index (Phi) is 5.11. The first-order chi connectivity index (χ1) is 11.5. The topological polar surface area (TPSA) is 61.4 Å². The molecule has 0 bridgehead atoms. The molecule has 0 unspecified atom stereocenters. The number of hydrogen-bond donors (Lipinski definition) is 2. The van der Waals surface area contributed by atoms with Gasteiger partial charge in [-0.2, -0.15) is 0 Å². The zero-order chi connectivity index (χ0) is 17.2. The van der Waals surface area contributed by atoms with Crippen LogP contribution >= 0.6 is 11.6 Å². The lowest BCUT2D eigenvalue weighted by molar-refractivity contribution is -0.126. The smallest absolute Gasteiger partial charge is 0.322 e. The highest BCUT2D eigenvalue weighted by molar-refractivity contribution is 6.30. The molecule has 0 radical (unpaired) electrons. The number of likely N-dealkylation sites (tertiary alicyclic amines) is 1. The van der Waals surface area contributed by atoms with Gasteiger partial charge in [-0.25, -0.2) is 4.79 Å². The highest BCUT2D eigenvalue weighted by Gasteiger charge is 2.48. The lowest BCUT2D eigenvalue weighted by Crippen LogP contribution is -2.55. The van der Waals surface area contributed by atoms with Gasteiger partial charge in [-0.05, 0) is 63.4 Å². The van der Waals surface area contributed by atoms with Gasteiger partial charge in [0.15, 0.2) is 0 Å². The minimum Gasteiger partial charge on any atom is -0.323 e. The summed E-state index contributed by atoms with van der Waals surface area (Å²) in [6.45, 7) is 4.76. The van der Waals surface area contributed by atoms with Gasteiger partial charge < -0.3 is 10.2 Å². The van der Waals surface area contributed by atoms with Crippen LogP contribution in [0.1, 0.15) is 31.7 Å². The highest BCUT2D eigenvalue weighted by Crippen LogP contribution is 2.29. The van der Waals surface area contributed by atoms with Gasteiger partial charge in [0.05, 0.1) is 0 Å². The maximum Gasteiger partial charge on any atom is 0.322 e. The standard InChI is InChI=1S/C18H24ClN3O2/c1-18(16(23)20-17(24)21-18)14-5-3-11-22(12-14)10-2-4-13-6-8-15(19)9-7-13/h6-9,14H,2-5,10-12H2,1H3,(H2,20,21,23,24)/t14-,18-/m0/s1. The van der Waals surface area contributed by atoms with E-state index in [1.54, 1.807) is 0 Å². The van der Waals surface area contributed by atoms with E-state index in [1.165, 1.54) is 5.56 Å². The molecule has 0 spiro atoms. The van der Waals surface area contributed by atoms with Crippen molar-refractivity contribution in [2.45, 2.75) is 38.1 Å². The van der Waals surface area contributed by atoms with Crippen LogP contribution in [0.4, 0.5) is 4.79 Å². The number of amides is 3. The summed E-state index contributed by atoms with van der Waals surface area (Å²) in [5, 5.41) is 5.96. The van der Waals surface area contributed by atoms with E-state index in [0.29, 0.717) is 0 Å². The predicted octanol–water partition coefficient (Wildman–Crippen LogP) is 2.58. The molecule has 1 aromatic carbocycles. The van der Waals surface area contributed by atoms with Gasteiger partial charge in [-0.15, -0.1) is 0 Å².